The molecule has 0 aliphatic rings. The number of benzene rings is 2. The predicted octanol–water partition coefficient (Wildman–Crippen LogP) is 3.70. The van der Waals surface area contributed by atoms with Gasteiger partial charge in [0, 0.05) is 4.47 Å². The molecule has 1 atom stereocenters. The highest BCUT2D eigenvalue weighted by atomic mass is 79.9. The van der Waals surface area contributed by atoms with E-state index in [1.807, 2.05) is 12.1 Å². The molecule has 0 aliphatic carbocycles. The van der Waals surface area contributed by atoms with Gasteiger partial charge >= 0.3 is 0 Å². The molecule has 0 radical (unpaired) electrons. The van der Waals surface area contributed by atoms with Gasteiger partial charge in [0.05, 0.1) is 0 Å². The average molecular weight is 311 g/mol. The van der Waals surface area contributed by atoms with Gasteiger partial charge in [-0.3, -0.25) is 0 Å². The molecule has 4 heteroatoms. The normalized spacial score (nSPS) is 12.2. The van der Waals surface area contributed by atoms with Crippen LogP contribution in [0.1, 0.15) is 11.7 Å². The highest BCUT2D eigenvalue weighted by Crippen LogP contribution is 2.21. The van der Waals surface area contributed by atoms with E-state index in [0.717, 1.165) is 10.0 Å². The third-order valence-electron chi connectivity index (χ3n) is 2.47. The Morgan fingerprint density at radius 3 is 2.67 bits per heavy atom. The van der Waals surface area contributed by atoms with Crippen LogP contribution in [-0.2, 0) is 0 Å². The summed E-state index contributed by atoms with van der Waals surface area (Å²) in [5.41, 5.74) is 0.723. The fourth-order valence-electron chi connectivity index (χ4n) is 1.54. The molecule has 2 aromatic carbocycles. The Kier molecular flexibility index (Phi) is 4.33. The molecule has 0 amide bonds. The Morgan fingerprint density at radius 2 is 1.94 bits per heavy atom. The van der Waals surface area contributed by atoms with Crippen molar-refractivity contribution in [3.8, 4) is 5.75 Å². The van der Waals surface area contributed by atoms with E-state index in [0.29, 0.717) is 0 Å². The largest absolute Gasteiger partial charge is 0.487 e. The van der Waals surface area contributed by atoms with Crippen molar-refractivity contribution < 1.29 is 14.2 Å². The average Bonchev–Trinajstić information content (AvgIpc) is 2.37. The first-order chi connectivity index (χ1) is 8.66. The smallest absolute Gasteiger partial charge is 0.165 e. The quantitative estimate of drug-likeness (QED) is 0.933. The molecule has 1 unspecified atom stereocenters. The molecule has 0 spiro atoms. The molecule has 0 saturated carbocycles. The molecule has 2 rings (SSSR count). The lowest BCUT2D eigenvalue weighted by atomic mass is 10.1. The first-order valence-corrected chi connectivity index (χ1v) is 6.27. The van der Waals surface area contributed by atoms with Gasteiger partial charge < -0.3 is 9.84 Å². The number of ether oxygens (including phenoxy) is 1. The van der Waals surface area contributed by atoms with Crippen LogP contribution in [0, 0.1) is 5.82 Å². The van der Waals surface area contributed by atoms with E-state index < -0.39 is 11.9 Å². The monoisotopic (exact) mass is 310 g/mol. The van der Waals surface area contributed by atoms with Crippen molar-refractivity contribution in [1.82, 2.24) is 0 Å². The Morgan fingerprint density at radius 1 is 1.17 bits per heavy atom. The first kappa shape index (κ1) is 13.1. The van der Waals surface area contributed by atoms with Crippen molar-refractivity contribution in [1.29, 1.82) is 0 Å². The Labute approximate surface area is 113 Å². The molecular formula is C14H12BrFO2. The zero-order valence-corrected chi connectivity index (χ0v) is 11.1. The maximum absolute atomic E-state index is 13.3. The number of aliphatic hydroxyl groups excluding tert-OH is 1. The summed E-state index contributed by atoms with van der Waals surface area (Å²) >= 11 is 3.33. The van der Waals surface area contributed by atoms with Crippen LogP contribution in [-0.4, -0.2) is 11.7 Å². The second-order valence-electron chi connectivity index (χ2n) is 3.81. The van der Waals surface area contributed by atoms with Crippen molar-refractivity contribution in [3.05, 3.63) is 64.4 Å². The van der Waals surface area contributed by atoms with Crippen LogP contribution in [0.4, 0.5) is 4.39 Å². The van der Waals surface area contributed by atoms with Gasteiger partial charge in [0.1, 0.15) is 12.7 Å². The zero-order chi connectivity index (χ0) is 13.0. The highest BCUT2D eigenvalue weighted by molar-refractivity contribution is 9.10. The Hall–Kier alpha value is -1.39. The van der Waals surface area contributed by atoms with Gasteiger partial charge in [0.25, 0.3) is 0 Å². The van der Waals surface area contributed by atoms with E-state index >= 15 is 0 Å². The molecule has 0 aromatic heterocycles. The summed E-state index contributed by atoms with van der Waals surface area (Å²) in [5, 5.41) is 9.93. The van der Waals surface area contributed by atoms with Crippen molar-refractivity contribution in [2.45, 2.75) is 6.10 Å². The Balaban J connectivity index is 2.00. The predicted molar refractivity (Wildman–Crippen MR) is 71.0 cm³/mol. The summed E-state index contributed by atoms with van der Waals surface area (Å²) in [5.74, 6) is -0.287. The van der Waals surface area contributed by atoms with Crippen molar-refractivity contribution in [2.24, 2.45) is 0 Å². The fraction of sp³-hybridized carbons (Fsp3) is 0.143. The van der Waals surface area contributed by atoms with Gasteiger partial charge in [0.2, 0.25) is 0 Å². The van der Waals surface area contributed by atoms with E-state index in [4.69, 9.17) is 4.74 Å². The fourth-order valence-corrected chi connectivity index (χ4v) is 1.96. The minimum atomic E-state index is -0.790. The van der Waals surface area contributed by atoms with E-state index in [9.17, 15) is 9.50 Å². The number of hydrogen-bond donors (Lipinski definition) is 1. The van der Waals surface area contributed by atoms with E-state index in [1.54, 1.807) is 24.3 Å². The van der Waals surface area contributed by atoms with E-state index in [2.05, 4.69) is 15.9 Å². The van der Waals surface area contributed by atoms with Crippen LogP contribution < -0.4 is 4.74 Å². The molecule has 2 aromatic rings. The van der Waals surface area contributed by atoms with E-state index in [-0.39, 0.29) is 12.4 Å². The number of halogens is 2. The number of aliphatic hydroxyl groups is 1. The van der Waals surface area contributed by atoms with Crippen LogP contribution in [0.3, 0.4) is 0 Å². The minimum Gasteiger partial charge on any atom is -0.487 e. The summed E-state index contributed by atoms with van der Waals surface area (Å²) in [4.78, 5) is 0. The molecule has 2 nitrogen and oxygen atoms in total. The molecule has 18 heavy (non-hydrogen) atoms. The van der Waals surface area contributed by atoms with Gasteiger partial charge in [-0.05, 0) is 29.8 Å². The van der Waals surface area contributed by atoms with Gasteiger partial charge in [-0.15, -0.1) is 0 Å². The standard InChI is InChI=1S/C14H12BrFO2/c15-11-5-3-4-10(8-11)13(17)9-18-14-7-2-1-6-12(14)16/h1-8,13,17H,9H2. The molecule has 0 aliphatic heterocycles. The molecule has 94 valence electrons. The lowest BCUT2D eigenvalue weighted by molar-refractivity contribution is 0.106. The van der Waals surface area contributed by atoms with Crippen molar-refractivity contribution in [3.63, 3.8) is 0 Å². The summed E-state index contributed by atoms with van der Waals surface area (Å²) in [6.07, 6.45) is -0.790. The summed E-state index contributed by atoms with van der Waals surface area (Å²) in [6.45, 7) is 0.0113. The number of hydrogen-bond acceptors (Lipinski definition) is 2. The maximum atomic E-state index is 13.3. The summed E-state index contributed by atoms with van der Waals surface area (Å²) in [7, 11) is 0. The number of para-hydroxylation sites is 1. The third-order valence-corrected chi connectivity index (χ3v) is 2.96. The minimum absolute atomic E-state index is 0.0113. The molecule has 0 fully saturated rings. The lowest BCUT2D eigenvalue weighted by Gasteiger charge is -2.13. The zero-order valence-electron chi connectivity index (χ0n) is 9.51. The van der Waals surface area contributed by atoms with Crippen LogP contribution in [0.5, 0.6) is 5.75 Å². The van der Waals surface area contributed by atoms with Crippen molar-refractivity contribution in [2.75, 3.05) is 6.61 Å². The second-order valence-corrected chi connectivity index (χ2v) is 4.73. The van der Waals surface area contributed by atoms with Gasteiger partial charge in [-0.2, -0.15) is 0 Å². The highest BCUT2D eigenvalue weighted by Gasteiger charge is 2.10. The second kappa shape index (κ2) is 5.98. The van der Waals surface area contributed by atoms with Crippen LogP contribution in [0.25, 0.3) is 0 Å². The van der Waals surface area contributed by atoms with Crippen LogP contribution >= 0.6 is 15.9 Å². The van der Waals surface area contributed by atoms with Crippen LogP contribution in [0.2, 0.25) is 0 Å². The van der Waals surface area contributed by atoms with Crippen molar-refractivity contribution >= 4 is 15.9 Å². The lowest BCUT2D eigenvalue weighted by Crippen LogP contribution is -2.10. The van der Waals surface area contributed by atoms with Gasteiger partial charge in [-0.1, -0.05) is 40.2 Å². The maximum Gasteiger partial charge on any atom is 0.165 e. The summed E-state index contributed by atoms with van der Waals surface area (Å²) in [6, 6.07) is 13.4. The molecule has 0 bridgehead atoms. The summed E-state index contributed by atoms with van der Waals surface area (Å²) < 4.78 is 19.4. The van der Waals surface area contributed by atoms with Gasteiger partial charge in [0.15, 0.2) is 11.6 Å². The first-order valence-electron chi connectivity index (χ1n) is 5.47. The third kappa shape index (κ3) is 3.31. The SMILES string of the molecule is OC(COc1ccccc1F)c1cccc(Br)c1. The van der Waals surface area contributed by atoms with E-state index in [1.165, 1.54) is 12.1 Å². The van der Waals surface area contributed by atoms with Crippen LogP contribution in [0.15, 0.2) is 53.0 Å². The topological polar surface area (TPSA) is 29.5 Å². The number of rotatable bonds is 4. The molecule has 0 saturated heterocycles. The molecule has 1 N–H and O–H groups in total. The molecular weight excluding hydrogens is 299 g/mol. The Bertz CT molecular complexity index is 531. The van der Waals surface area contributed by atoms with Gasteiger partial charge in [-0.25, -0.2) is 4.39 Å². The molecule has 0 heterocycles.